The standard InChI is InChI=1S/C10H13N3.C10H13N/c1-8-6-4-5-7-9(8)10(2,3)12-13-11;1-10(2)9-6-4-3-5-8(9)7-11-10/h4-7H,1-3H3;3-6,11H,7H2,1-2H3. The Hall–Kier alpha value is -2.29. The van der Waals surface area contributed by atoms with Gasteiger partial charge in [-0.05, 0) is 48.6 Å². The molecule has 1 aliphatic heterocycles. The van der Waals surface area contributed by atoms with Crippen molar-refractivity contribution in [3.05, 3.63) is 81.2 Å². The zero-order chi connectivity index (χ0) is 17.8. The van der Waals surface area contributed by atoms with Crippen molar-refractivity contribution in [2.75, 3.05) is 0 Å². The van der Waals surface area contributed by atoms with E-state index in [0.717, 1.165) is 17.7 Å². The Kier molecular flexibility index (Phi) is 5.33. The minimum absolute atomic E-state index is 0.177. The smallest absolute Gasteiger partial charge is 0.0684 e. The molecule has 3 rings (SSSR count). The summed E-state index contributed by atoms with van der Waals surface area (Å²) in [5.41, 5.74) is 13.2. The number of nitrogens with zero attached hydrogens (tertiary/aromatic N) is 3. The van der Waals surface area contributed by atoms with Crippen molar-refractivity contribution in [3.63, 3.8) is 0 Å². The molecule has 2 aromatic rings. The molecule has 2 aromatic carbocycles. The Morgan fingerprint density at radius 1 is 1.08 bits per heavy atom. The maximum absolute atomic E-state index is 8.41. The molecule has 1 N–H and O–H groups in total. The van der Waals surface area contributed by atoms with Gasteiger partial charge < -0.3 is 5.32 Å². The van der Waals surface area contributed by atoms with Crippen LogP contribution in [0.1, 0.15) is 49.9 Å². The summed E-state index contributed by atoms with van der Waals surface area (Å²) in [7, 11) is 0. The lowest BCUT2D eigenvalue weighted by Crippen LogP contribution is -2.28. The van der Waals surface area contributed by atoms with Crippen LogP contribution >= 0.6 is 0 Å². The van der Waals surface area contributed by atoms with E-state index in [1.165, 1.54) is 11.1 Å². The van der Waals surface area contributed by atoms with E-state index in [9.17, 15) is 0 Å². The Labute approximate surface area is 144 Å². The number of benzene rings is 2. The summed E-state index contributed by atoms with van der Waals surface area (Å²) in [6.07, 6.45) is 0. The van der Waals surface area contributed by atoms with Crippen molar-refractivity contribution in [2.45, 2.75) is 52.2 Å². The third-order valence-electron chi connectivity index (χ3n) is 4.51. The maximum atomic E-state index is 8.41. The average Bonchev–Trinajstić information content (AvgIpc) is 2.84. The van der Waals surface area contributed by atoms with Crippen molar-refractivity contribution < 1.29 is 0 Å². The Balaban J connectivity index is 0.000000175. The van der Waals surface area contributed by atoms with Crippen molar-refractivity contribution >= 4 is 0 Å². The molecular weight excluding hydrogens is 296 g/mol. The average molecular weight is 322 g/mol. The number of fused-ring (bicyclic) bond motifs is 1. The summed E-state index contributed by atoms with van der Waals surface area (Å²) in [4.78, 5) is 2.85. The summed E-state index contributed by atoms with van der Waals surface area (Å²) >= 11 is 0. The van der Waals surface area contributed by atoms with Crippen molar-refractivity contribution in [2.24, 2.45) is 5.11 Å². The monoisotopic (exact) mass is 322 g/mol. The third-order valence-corrected chi connectivity index (χ3v) is 4.51. The first kappa shape index (κ1) is 18.1. The van der Waals surface area contributed by atoms with Crippen LogP contribution in [-0.4, -0.2) is 0 Å². The predicted octanol–water partition coefficient (Wildman–Crippen LogP) is 5.57. The summed E-state index contributed by atoms with van der Waals surface area (Å²) in [5, 5.41) is 7.23. The Bertz CT molecular complexity index is 756. The van der Waals surface area contributed by atoms with E-state index in [2.05, 4.69) is 53.5 Å². The molecule has 0 saturated heterocycles. The molecule has 0 radical (unpaired) electrons. The minimum atomic E-state index is -0.458. The van der Waals surface area contributed by atoms with E-state index >= 15 is 0 Å². The quantitative estimate of drug-likeness (QED) is 0.439. The fourth-order valence-corrected chi connectivity index (χ4v) is 3.12. The second kappa shape index (κ2) is 7.08. The van der Waals surface area contributed by atoms with E-state index in [0.29, 0.717) is 0 Å². The molecule has 4 heteroatoms. The second-order valence-corrected chi connectivity index (χ2v) is 7.20. The lowest BCUT2D eigenvalue weighted by Gasteiger charge is -2.20. The molecule has 24 heavy (non-hydrogen) atoms. The second-order valence-electron chi connectivity index (χ2n) is 7.20. The molecule has 0 aromatic heterocycles. The molecule has 1 aliphatic rings. The SMILES string of the molecule is CC1(C)NCc2ccccc21.Cc1ccccc1C(C)(C)N=[N+]=[N-]. The zero-order valence-electron chi connectivity index (χ0n) is 15.2. The molecule has 126 valence electrons. The van der Waals surface area contributed by atoms with Gasteiger partial charge in [-0.3, -0.25) is 0 Å². The lowest BCUT2D eigenvalue weighted by atomic mass is 9.92. The normalized spacial score (nSPS) is 14.9. The largest absolute Gasteiger partial charge is 0.304 e. The summed E-state index contributed by atoms with van der Waals surface area (Å²) in [6.45, 7) is 11.3. The first-order chi connectivity index (χ1) is 11.3. The van der Waals surface area contributed by atoms with Gasteiger partial charge in [0.15, 0.2) is 0 Å². The first-order valence-electron chi connectivity index (χ1n) is 8.24. The van der Waals surface area contributed by atoms with Gasteiger partial charge in [-0.2, -0.15) is 0 Å². The first-order valence-corrected chi connectivity index (χ1v) is 8.24. The zero-order valence-corrected chi connectivity index (χ0v) is 15.2. The molecular formula is C20H26N4. The van der Waals surface area contributed by atoms with Crippen LogP contribution in [0, 0.1) is 6.92 Å². The molecule has 4 nitrogen and oxygen atoms in total. The molecule has 0 spiro atoms. The van der Waals surface area contributed by atoms with E-state index in [1.807, 2.05) is 45.0 Å². The van der Waals surface area contributed by atoms with Gasteiger partial charge in [0, 0.05) is 17.0 Å². The molecule has 0 unspecified atom stereocenters. The van der Waals surface area contributed by atoms with Crippen LogP contribution in [-0.2, 0) is 17.6 Å². The molecule has 0 aliphatic carbocycles. The molecule has 0 atom stereocenters. The summed E-state index contributed by atoms with van der Waals surface area (Å²) in [6, 6.07) is 16.5. The van der Waals surface area contributed by atoms with E-state index in [1.54, 1.807) is 0 Å². The van der Waals surface area contributed by atoms with Gasteiger partial charge in [-0.15, -0.1) is 0 Å². The van der Waals surface area contributed by atoms with Gasteiger partial charge in [0.1, 0.15) is 0 Å². The maximum Gasteiger partial charge on any atom is 0.0684 e. The van der Waals surface area contributed by atoms with Crippen molar-refractivity contribution in [1.29, 1.82) is 0 Å². The van der Waals surface area contributed by atoms with Crippen LogP contribution in [0.15, 0.2) is 53.6 Å². The van der Waals surface area contributed by atoms with Gasteiger partial charge in [-0.1, -0.05) is 67.5 Å². The fraction of sp³-hybridized carbons (Fsp3) is 0.400. The van der Waals surface area contributed by atoms with Gasteiger partial charge in [0.25, 0.3) is 0 Å². The van der Waals surface area contributed by atoms with Gasteiger partial charge in [0.2, 0.25) is 0 Å². The van der Waals surface area contributed by atoms with Crippen LogP contribution in [0.25, 0.3) is 10.4 Å². The topological polar surface area (TPSA) is 60.8 Å². The number of hydrogen-bond donors (Lipinski definition) is 1. The highest BCUT2D eigenvalue weighted by molar-refractivity contribution is 5.36. The van der Waals surface area contributed by atoms with Crippen LogP contribution in [0.2, 0.25) is 0 Å². The third kappa shape index (κ3) is 3.97. The molecule has 0 saturated carbocycles. The summed E-state index contributed by atoms with van der Waals surface area (Å²) in [5.74, 6) is 0. The number of hydrogen-bond acceptors (Lipinski definition) is 2. The molecule has 0 amide bonds. The highest BCUT2D eigenvalue weighted by Gasteiger charge is 2.27. The van der Waals surface area contributed by atoms with Crippen LogP contribution in [0.5, 0.6) is 0 Å². The van der Waals surface area contributed by atoms with E-state index < -0.39 is 5.54 Å². The van der Waals surface area contributed by atoms with Crippen LogP contribution in [0.4, 0.5) is 0 Å². The molecule has 0 bridgehead atoms. The molecule has 0 fully saturated rings. The van der Waals surface area contributed by atoms with E-state index in [-0.39, 0.29) is 5.54 Å². The number of nitrogens with one attached hydrogen (secondary N) is 1. The van der Waals surface area contributed by atoms with Crippen molar-refractivity contribution in [3.8, 4) is 0 Å². The Morgan fingerprint density at radius 2 is 1.71 bits per heavy atom. The van der Waals surface area contributed by atoms with Crippen LogP contribution < -0.4 is 5.32 Å². The van der Waals surface area contributed by atoms with Gasteiger partial charge in [-0.25, -0.2) is 0 Å². The highest BCUT2D eigenvalue weighted by Crippen LogP contribution is 2.29. The number of aryl methyl sites for hydroxylation is 1. The number of rotatable bonds is 2. The van der Waals surface area contributed by atoms with Gasteiger partial charge in [0.05, 0.1) is 5.54 Å². The fourth-order valence-electron chi connectivity index (χ4n) is 3.12. The van der Waals surface area contributed by atoms with Crippen molar-refractivity contribution in [1.82, 2.24) is 5.32 Å². The predicted molar refractivity (Wildman–Crippen MR) is 99.7 cm³/mol. The van der Waals surface area contributed by atoms with Crippen LogP contribution in [0.3, 0.4) is 0 Å². The minimum Gasteiger partial charge on any atom is -0.304 e. The highest BCUT2D eigenvalue weighted by atomic mass is 15.2. The van der Waals surface area contributed by atoms with Gasteiger partial charge >= 0.3 is 0 Å². The lowest BCUT2D eigenvalue weighted by molar-refractivity contribution is 0.442. The summed E-state index contributed by atoms with van der Waals surface area (Å²) < 4.78 is 0. The van der Waals surface area contributed by atoms with E-state index in [4.69, 9.17) is 5.53 Å². The number of azide groups is 1. The molecule has 1 heterocycles. The Morgan fingerprint density at radius 3 is 2.33 bits per heavy atom.